The number of aliphatic carboxylic acids is 2. The van der Waals surface area contributed by atoms with Crippen LogP contribution in [0.25, 0.3) is 6.08 Å². The first kappa shape index (κ1) is 21.3. The number of carboxylic acids is 2. The molecule has 1 aromatic heterocycles. The standard InChI is InChI=1S/C11H9ClO5.2Na/c1-6(4-10(13)14)8(11(15)16)5-7-2-3-9(12)17-7;;/h2-5H,1H3,(H,13,14)(H,15,16);;/q;2*+1/p-2. The fourth-order valence-electron chi connectivity index (χ4n) is 1.14. The summed E-state index contributed by atoms with van der Waals surface area (Å²) in [5.41, 5.74) is -0.335. The van der Waals surface area contributed by atoms with Gasteiger partial charge in [-0.3, -0.25) is 0 Å². The van der Waals surface area contributed by atoms with Crippen LogP contribution in [-0.2, 0) is 9.59 Å². The van der Waals surface area contributed by atoms with Gasteiger partial charge in [0.25, 0.3) is 0 Å². The van der Waals surface area contributed by atoms with Gasteiger partial charge in [0.05, 0.1) is 11.9 Å². The number of carbonyl (C=O) groups is 2. The molecular formula is C11H7ClNa2O5. The van der Waals surface area contributed by atoms with E-state index < -0.39 is 11.9 Å². The van der Waals surface area contributed by atoms with Gasteiger partial charge in [-0.15, -0.1) is 0 Å². The summed E-state index contributed by atoms with van der Waals surface area (Å²) in [6.07, 6.45) is 1.78. The second kappa shape index (κ2) is 9.83. The van der Waals surface area contributed by atoms with E-state index in [1.54, 1.807) is 0 Å². The summed E-state index contributed by atoms with van der Waals surface area (Å²) in [6.45, 7) is 1.31. The molecule has 0 N–H and O–H groups in total. The summed E-state index contributed by atoms with van der Waals surface area (Å²) >= 11 is 5.51. The number of rotatable bonds is 4. The van der Waals surface area contributed by atoms with Gasteiger partial charge >= 0.3 is 59.1 Å². The third-order valence-electron chi connectivity index (χ3n) is 1.86. The topological polar surface area (TPSA) is 93.4 Å². The largest absolute Gasteiger partial charge is 1.00 e. The van der Waals surface area contributed by atoms with Gasteiger partial charge in [0, 0.05) is 5.57 Å². The Morgan fingerprint density at radius 3 is 2.21 bits per heavy atom. The van der Waals surface area contributed by atoms with E-state index in [1.165, 1.54) is 19.1 Å². The number of halogens is 1. The third-order valence-corrected chi connectivity index (χ3v) is 2.06. The van der Waals surface area contributed by atoms with Crippen molar-refractivity contribution in [3.8, 4) is 0 Å². The van der Waals surface area contributed by atoms with Gasteiger partial charge in [-0.2, -0.15) is 0 Å². The number of carboxylic acid groups (broad SMARTS) is 2. The smallest absolute Gasteiger partial charge is 0.545 e. The molecule has 0 saturated carbocycles. The molecule has 1 aromatic rings. The predicted octanol–water partition coefficient (Wildman–Crippen LogP) is -6.23. The van der Waals surface area contributed by atoms with E-state index >= 15 is 0 Å². The summed E-state index contributed by atoms with van der Waals surface area (Å²) in [6, 6.07) is 2.87. The number of hydrogen-bond acceptors (Lipinski definition) is 5. The Bertz CT molecular complexity index is 519. The molecule has 0 spiro atoms. The van der Waals surface area contributed by atoms with Crippen LogP contribution in [0.4, 0.5) is 0 Å². The zero-order chi connectivity index (χ0) is 13.0. The van der Waals surface area contributed by atoms with Crippen molar-refractivity contribution in [3.63, 3.8) is 0 Å². The summed E-state index contributed by atoms with van der Waals surface area (Å²) in [7, 11) is 0. The van der Waals surface area contributed by atoms with Crippen LogP contribution in [0.15, 0.2) is 33.8 Å². The molecule has 8 heteroatoms. The summed E-state index contributed by atoms with van der Waals surface area (Å²) in [5, 5.41) is 21.2. The minimum atomic E-state index is -1.52. The molecule has 0 bridgehead atoms. The second-order valence-electron chi connectivity index (χ2n) is 3.13. The van der Waals surface area contributed by atoms with Crippen LogP contribution in [0.5, 0.6) is 0 Å². The maximum Gasteiger partial charge on any atom is 1.00 e. The number of hydrogen-bond donors (Lipinski definition) is 0. The minimum Gasteiger partial charge on any atom is -0.545 e. The summed E-state index contributed by atoms with van der Waals surface area (Å²) in [5.74, 6) is -2.83. The van der Waals surface area contributed by atoms with Crippen LogP contribution in [0.2, 0.25) is 5.22 Å². The predicted molar refractivity (Wildman–Crippen MR) is 55.5 cm³/mol. The molecule has 0 radical (unpaired) electrons. The van der Waals surface area contributed by atoms with Crippen molar-refractivity contribution in [2.24, 2.45) is 0 Å². The monoisotopic (exact) mass is 300 g/mol. The Morgan fingerprint density at radius 2 is 1.84 bits per heavy atom. The first-order valence-electron chi connectivity index (χ1n) is 4.48. The van der Waals surface area contributed by atoms with Gasteiger partial charge in [-0.1, -0.05) is 0 Å². The molecule has 0 fully saturated rings. The van der Waals surface area contributed by atoms with Gasteiger partial charge in [0.2, 0.25) is 0 Å². The fraction of sp³-hybridized carbons (Fsp3) is 0.0909. The fourth-order valence-corrected chi connectivity index (χ4v) is 1.29. The zero-order valence-electron chi connectivity index (χ0n) is 10.7. The van der Waals surface area contributed by atoms with Gasteiger partial charge in [0.1, 0.15) is 5.76 Å². The molecule has 19 heavy (non-hydrogen) atoms. The molecule has 5 nitrogen and oxygen atoms in total. The van der Waals surface area contributed by atoms with Crippen LogP contribution in [0.3, 0.4) is 0 Å². The van der Waals surface area contributed by atoms with E-state index in [0.29, 0.717) is 6.08 Å². The third kappa shape index (κ3) is 7.37. The normalized spacial score (nSPS) is 11.3. The second-order valence-corrected chi connectivity index (χ2v) is 3.51. The van der Waals surface area contributed by atoms with E-state index in [0.717, 1.165) is 6.08 Å². The molecule has 0 aliphatic carbocycles. The first-order valence-corrected chi connectivity index (χ1v) is 4.86. The van der Waals surface area contributed by atoms with Crippen molar-refractivity contribution in [3.05, 3.63) is 40.3 Å². The van der Waals surface area contributed by atoms with Crippen LogP contribution in [-0.4, -0.2) is 11.9 Å². The molecule has 1 heterocycles. The average Bonchev–Trinajstić information content (AvgIpc) is 2.58. The van der Waals surface area contributed by atoms with Crippen LogP contribution in [0, 0.1) is 0 Å². The van der Waals surface area contributed by atoms with Crippen molar-refractivity contribution in [1.29, 1.82) is 0 Å². The molecule has 0 saturated heterocycles. The SMILES string of the molecule is CC(=CC(=O)[O-])C(=Cc1ccc(Cl)o1)C(=O)[O-].[Na+].[Na+]. The number of carbonyl (C=O) groups excluding carboxylic acids is 2. The maximum absolute atomic E-state index is 10.8. The average molecular weight is 301 g/mol. The molecule has 0 unspecified atom stereocenters. The van der Waals surface area contributed by atoms with Crippen molar-refractivity contribution in [2.45, 2.75) is 6.92 Å². The molecule has 0 aromatic carbocycles. The zero-order valence-corrected chi connectivity index (χ0v) is 15.5. The van der Waals surface area contributed by atoms with Crippen molar-refractivity contribution in [2.75, 3.05) is 0 Å². The van der Waals surface area contributed by atoms with Crippen LogP contribution in [0.1, 0.15) is 12.7 Å². The Hall–Kier alpha value is -0.01000. The van der Waals surface area contributed by atoms with E-state index in [9.17, 15) is 19.8 Å². The van der Waals surface area contributed by atoms with Crippen molar-refractivity contribution >= 4 is 29.6 Å². The van der Waals surface area contributed by atoms with Gasteiger partial charge in [0.15, 0.2) is 5.22 Å². The molecule has 0 amide bonds. The molecular weight excluding hydrogens is 294 g/mol. The molecule has 0 atom stereocenters. The Balaban J connectivity index is 0. The maximum atomic E-state index is 10.8. The first-order chi connectivity index (χ1) is 7.90. The van der Waals surface area contributed by atoms with Gasteiger partial charge < -0.3 is 24.2 Å². The Labute approximate surface area is 158 Å². The Morgan fingerprint density at radius 1 is 1.26 bits per heavy atom. The number of furan rings is 1. The van der Waals surface area contributed by atoms with Crippen molar-refractivity contribution in [1.82, 2.24) is 0 Å². The van der Waals surface area contributed by atoms with Crippen LogP contribution < -0.4 is 69.3 Å². The Kier molecular flexibility index (Phi) is 11.0. The van der Waals surface area contributed by atoms with Gasteiger partial charge in [-0.25, -0.2) is 0 Å². The van der Waals surface area contributed by atoms with E-state index in [4.69, 9.17) is 16.0 Å². The van der Waals surface area contributed by atoms with E-state index in [-0.39, 0.29) is 81.2 Å². The molecule has 0 aliphatic heterocycles. The van der Waals surface area contributed by atoms with Crippen LogP contribution >= 0.6 is 11.6 Å². The van der Waals surface area contributed by atoms with E-state index in [2.05, 4.69) is 0 Å². The molecule has 90 valence electrons. The molecule has 0 aliphatic rings. The summed E-state index contributed by atoms with van der Waals surface area (Å²) < 4.78 is 4.93. The molecule has 1 rings (SSSR count). The quantitative estimate of drug-likeness (QED) is 0.313. The van der Waals surface area contributed by atoms with Crippen molar-refractivity contribution < 1.29 is 83.3 Å². The van der Waals surface area contributed by atoms with E-state index in [1.807, 2.05) is 0 Å². The van der Waals surface area contributed by atoms with Gasteiger partial charge in [-0.05, 0) is 48.4 Å². The minimum absolute atomic E-state index is 0. The summed E-state index contributed by atoms with van der Waals surface area (Å²) in [4.78, 5) is 21.1.